The van der Waals surface area contributed by atoms with Crippen molar-refractivity contribution in [2.24, 2.45) is 0 Å². The van der Waals surface area contributed by atoms with Gasteiger partial charge in [-0.2, -0.15) is 0 Å². The second-order valence-corrected chi connectivity index (χ2v) is 4.37. The Morgan fingerprint density at radius 1 is 1.46 bits per heavy atom. The standard InChI is InChI=1S/C7H8N2O3S/c8-5-2-1-3-6-7(5)12-4-13(10,11)9-6/h1-3,9H,4,8H2. The van der Waals surface area contributed by atoms with Crippen molar-refractivity contribution in [3.8, 4) is 5.75 Å². The number of rotatable bonds is 0. The van der Waals surface area contributed by atoms with Gasteiger partial charge in [-0.05, 0) is 12.1 Å². The van der Waals surface area contributed by atoms with Gasteiger partial charge in [-0.3, -0.25) is 4.72 Å². The summed E-state index contributed by atoms with van der Waals surface area (Å²) in [6.45, 7) is 0. The number of ether oxygens (including phenoxy) is 1. The van der Waals surface area contributed by atoms with Crippen molar-refractivity contribution in [3.05, 3.63) is 18.2 Å². The molecule has 0 aromatic heterocycles. The lowest BCUT2D eigenvalue weighted by Crippen LogP contribution is -2.25. The molecule has 2 rings (SSSR count). The van der Waals surface area contributed by atoms with Crippen LogP contribution in [0.1, 0.15) is 0 Å². The molecule has 1 heterocycles. The van der Waals surface area contributed by atoms with Gasteiger partial charge in [0, 0.05) is 0 Å². The van der Waals surface area contributed by atoms with Crippen LogP contribution >= 0.6 is 0 Å². The number of nitrogens with one attached hydrogen (secondary N) is 1. The highest BCUT2D eigenvalue weighted by Gasteiger charge is 2.22. The quantitative estimate of drug-likeness (QED) is 0.592. The van der Waals surface area contributed by atoms with Crippen LogP contribution in [0.15, 0.2) is 18.2 Å². The fourth-order valence-corrected chi connectivity index (χ4v) is 1.96. The van der Waals surface area contributed by atoms with Gasteiger partial charge < -0.3 is 10.5 Å². The Kier molecular flexibility index (Phi) is 1.59. The molecule has 1 aliphatic heterocycles. The maximum absolute atomic E-state index is 11.0. The van der Waals surface area contributed by atoms with E-state index >= 15 is 0 Å². The van der Waals surface area contributed by atoms with E-state index in [1.165, 1.54) is 0 Å². The first kappa shape index (κ1) is 8.18. The number of fused-ring (bicyclic) bond motifs is 1. The summed E-state index contributed by atoms with van der Waals surface area (Å²) in [7, 11) is -3.34. The first-order valence-electron chi connectivity index (χ1n) is 3.60. The Bertz CT molecular complexity index is 441. The van der Waals surface area contributed by atoms with Gasteiger partial charge in [0.2, 0.25) is 5.94 Å². The summed E-state index contributed by atoms with van der Waals surface area (Å²) in [6, 6.07) is 4.91. The Morgan fingerprint density at radius 2 is 2.23 bits per heavy atom. The summed E-state index contributed by atoms with van der Waals surface area (Å²) in [6.07, 6.45) is 0. The Labute approximate surface area is 75.6 Å². The maximum atomic E-state index is 11.0. The zero-order chi connectivity index (χ0) is 9.47. The van der Waals surface area contributed by atoms with Crippen LogP contribution in [0.5, 0.6) is 5.75 Å². The summed E-state index contributed by atoms with van der Waals surface area (Å²) >= 11 is 0. The molecule has 0 spiro atoms. The molecular formula is C7H8N2O3S. The van der Waals surface area contributed by atoms with Crippen LogP contribution in [0.25, 0.3) is 0 Å². The summed E-state index contributed by atoms with van der Waals surface area (Å²) in [5.41, 5.74) is 6.40. The minimum Gasteiger partial charge on any atom is -0.471 e. The van der Waals surface area contributed by atoms with Gasteiger partial charge in [-0.1, -0.05) is 6.07 Å². The van der Waals surface area contributed by atoms with E-state index in [-0.39, 0.29) is 5.94 Å². The van der Waals surface area contributed by atoms with Crippen LogP contribution in [-0.4, -0.2) is 14.4 Å². The van der Waals surface area contributed by atoms with E-state index in [0.717, 1.165) is 0 Å². The molecule has 6 heteroatoms. The molecule has 3 N–H and O–H groups in total. The number of para-hydroxylation sites is 1. The lowest BCUT2D eigenvalue weighted by atomic mass is 10.2. The van der Waals surface area contributed by atoms with E-state index in [2.05, 4.69) is 4.72 Å². The van der Waals surface area contributed by atoms with Crippen LogP contribution < -0.4 is 15.2 Å². The molecule has 0 saturated heterocycles. The number of hydrogen-bond acceptors (Lipinski definition) is 4. The summed E-state index contributed by atoms with van der Waals surface area (Å²) in [5, 5.41) is 0. The van der Waals surface area contributed by atoms with Crippen molar-refractivity contribution in [1.82, 2.24) is 0 Å². The number of anilines is 2. The molecule has 1 aromatic carbocycles. The van der Waals surface area contributed by atoms with Gasteiger partial charge in [0.25, 0.3) is 10.0 Å². The molecule has 5 nitrogen and oxygen atoms in total. The Morgan fingerprint density at radius 3 is 3.00 bits per heavy atom. The highest BCUT2D eigenvalue weighted by molar-refractivity contribution is 7.92. The third kappa shape index (κ3) is 1.40. The van der Waals surface area contributed by atoms with Gasteiger partial charge in [-0.25, -0.2) is 8.42 Å². The van der Waals surface area contributed by atoms with Crippen LogP contribution in [0.3, 0.4) is 0 Å². The summed E-state index contributed by atoms with van der Waals surface area (Å²) in [5.74, 6) is 0.0196. The second-order valence-electron chi connectivity index (χ2n) is 2.70. The monoisotopic (exact) mass is 200 g/mol. The minimum atomic E-state index is -3.34. The fraction of sp³-hybridized carbons (Fsp3) is 0.143. The molecule has 0 amide bonds. The molecule has 1 aromatic rings. The predicted molar refractivity (Wildman–Crippen MR) is 48.9 cm³/mol. The number of sulfonamides is 1. The van der Waals surface area contributed by atoms with Crippen molar-refractivity contribution in [3.63, 3.8) is 0 Å². The number of nitrogens with two attached hydrogens (primary N) is 1. The highest BCUT2D eigenvalue weighted by atomic mass is 32.2. The summed E-state index contributed by atoms with van der Waals surface area (Å²) < 4.78 is 29.4. The lowest BCUT2D eigenvalue weighted by Gasteiger charge is -2.19. The summed E-state index contributed by atoms with van der Waals surface area (Å²) in [4.78, 5) is 0. The molecule has 70 valence electrons. The normalized spacial score (nSPS) is 18.2. The van der Waals surface area contributed by atoms with Crippen molar-refractivity contribution in [2.45, 2.75) is 0 Å². The predicted octanol–water partition coefficient (Wildman–Crippen LogP) is 0.360. The first-order chi connectivity index (χ1) is 6.08. The fourth-order valence-electron chi connectivity index (χ4n) is 1.13. The van der Waals surface area contributed by atoms with E-state index < -0.39 is 10.0 Å². The molecule has 1 aliphatic rings. The minimum absolute atomic E-state index is 0.381. The topological polar surface area (TPSA) is 81.4 Å². The number of nitrogen functional groups attached to an aromatic ring is 1. The van der Waals surface area contributed by atoms with Crippen LogP contribution in [0, 0.1) is 0 Å². The third-order valence-corrected chi connectivity index (χ3v) is 2.63. The van der Waals surface area contributed by atoms with Crippen LogP contribution in [0.2, 0.25) is 0 Å². The number of hydrogen-bond donors (Lipinski definition) is 2. The van der Waals surface area contributed by atoms with Crippen molar-refractivity contribution >= 4 is 21.4 Å². The van der Waals surface area contributed by atoms with E-state index in [1.807, 2.05) is 0 Å². The second kappa shape index (κ2) is 2.53. The first-order valence-corrected chi connectivity index (χ1v) is 5.25. The lowest BCUT2D eigenvalue weighted by molar-refractivity contribution is 0.376. The largest absolute Gasteiger partial charge is 0.471 e. The Hall–Kier alpha value is -1.43. The molecule has 0 unspecified atom stereocenters. The van der Waals surface area contributed by atoms with Crippen LogP contribution in [0.4, 0.5) is 11.4 Å². The molecule has 0 saturated carbocycles. The molecule has 0 aliphatic carbocycles. The van der Waals surface area contributed by atoms with Gasteiger partial charge >= 0.3 is 0 Å². The third-order valence-electron chi connectivity index (χ3n) is 1.67. The average Bonchev–Trinajstić information content (AvgIpc) is 2.02. The van der Waals surface area contributed by atoms with Crippen LogP contribution in [-0.2, 0) is 10.0 Å². The zero-order valence-corrected chi connectivity index (χ0v) is 7.47. The molecule has 13 heavy (non-hydrogen) atoms. The average molecular weight is 200 g/mol. The van der Waals surface area contributed by atoms with E-state index in [0.29, 0.717) is 17.1 Å². The Balaban J connectivity index is 2.54. The van der Waals surface area contributed by atoms with Gasteiger partial charge in [0.05, 0.1) is 11.4 Å². The maximum Gasteiger partial charge on any atom is 0.268 e. The van der Waals surface area contributed by atoms with Crippen molar-refractivity contribution < 1.29 is 13.2 Å². The number of benzene rings is 1. The van der Waals surface area contributed by atoms with E-state index in [9.17, 15) is 8.42 Å². The molecule has 0 radical (unpaired) electrons. The molecule has 0 atom stereocenters. The van der Waals surface area contributed by atoms with Gasteiger partial charge in [0.15, 0.2) is 5.75 Å². The van der Waals surface area contributed by atoms with Crippen molar-refractivity contribution in [2.75, 3.05) is 16.4 Å². The van der Waals surface area contributed by atoms with Gasteiger partial charge in [0.1, 0.15) is 0 Å². The molecule has 0 fully saturated rings. The van der Waals surface area contributed by atoms with E-state index in [4.69, 9.17) is 10.5 Å². The van der Waals surface area contributed by atoms with Crippen molar-refractivity contribution in [1.29, 1.82) is 0 Å². The van der Waals surface area contributed by atoms with E-state index in [1.54, 1.807) is 18.2 Å². The SMILES string of the molecule is Nc1cccc2c1OCS(=O)(=O)N2. The molecule has 0 bridgehead atoms. The molecular weight excluding hydrogens is 192 g/mol. The highest BCUT2D eigenvalue weighted by Crippen LogP contribution is 2.34. The van der Waals surface area contributed by atoms with Gasteiger partial charge in [-0.15, -0.1) is 0 Å². The zero-order valence-electron chi connectivity index (χ0n) is 6.65. The smallest absolute Gasteiger partial charge is 0.268 e.